The van der Waals surface area contributed by atoms with Gasteiger partial charge in [0.05, 0.1) is 12.9 Å². The summed E-state index contributed by atoms with van der Waals surface area (Å²) in [5.41, 5.74) is 1.89. The Morgan fingerprint density at radius 3 is 2.06 bits per heavy atom. The minimum Gasteiger partial charge on any atom is -0.121 e. The molecule has 1 unspecified atom stereocenters. The SMILES string of the molecule is Clc1cc(Cl)cc(C(Cl)c2cc(Br)sc2Br)c1. The molecule has 2 rings (SSSR count). The predicted molar refractivity (Wildman–Crippen MR) is 83.9 cm³/mol. The van der Waals surface area contributed by atoms with Gasteiger partial charge in [0, 0.05) is 15.6 Å². The maximum absolute atomic E-state index is 6.43. The summed E-state index contributed by atoms with van der Waals surface area (Å²) < 4.78 is 2.03. The molecular formula is C11H5Br2Cl3S. The Bertz CT molecular complexity index is 533. The van der Waals surface area contributed by atoms with E-state index in [2.05, 4.69) is 31.9 Å². The molecule has 0 saturated carbocycles. The molecule has 0 amide bonds. The van der Waals surface area contributed by atoms with Crippen molar-refractivity contribution in [3.8, 4) is 0 Å². The number of thiophene rings is 1. The molecule has 0 spiro atoms. The van der Waals surface area contributed by atoms with Crippen molar-refractivity contribution >= 4 is 78.0 Å². The van der Waals surface area contributed by atoms with Crippen molar-refractivity contribution in [3.05, 3.63) is 53.0 Å². The Balaban J connectivity index is 2.43. The van der Waals surface area contributed by atoms with Crippen molar-refractivity contribution in [2.45, 2.75) is 5.38 Å². The second kappa shape index (κ2) is 5.81. The molecule has 0 aliphatic rings. The van der Waals surface area contributed by atoms with E-state index in [0.717, 1.165) is 18.7 Å². The average molecular weight is 435 g/mol. The summed E-state index contributed by atoms with van der Waals surface area (Å²) in [5.74, 6) is 0. The standard InChI is InChI=1S/C11H5Br2Cl3S/c12-9-4-8(11(13)17-9)10(16)5-1-6(14)3-7(15)2-5/h1-4,10H. The number of halogens is 5. The summed E-state index contributed by atoms with van der Waals surface area (Å²) in [5, 5.41) is 0.898. The van der Waals surface area contributed by atoms with Crippen LogP contribution in [0.4, 0.5) is 0 Å². The van der Waals surface area contributed by atoms with Crippen LogP contribution in [0.2, 0.25) is 10.0 Å². The number of hydrogen-bond acceptors (Lipinski definition) is 1. The normalized spacial score (nSPS) is 12.8. The second-order valence-corrected chi connectivity index (χ2v) is 8.40. The van der Waals surface area contributed by atoms with Gasteiger partial charge in [0.15, 0.2) is 0 Å². The van der Waals surface area contributed by atoms with Crippen molar-refractivity contribution in [2.75, 3.05) is 0 Å². The maximum Gasteiger partial charge on any atom is 0.0855 e. The summed E-state index contributed by atoms with van der Waals surface area (Å²) >= 11 is 26.9. The second-order valence-electron chi connectivity index (χ2n) is 3.34. The maximum atomic E-state index is 6.43. The lowest BCUT2D eigenvalue weighted by atomic mass is 10.1. The lowest BCUT2D eigenvalue weighted by molar-refractivity contribution is 1.15. The molecule has 17 heavy (non-hydrogen) atoms. The molecule has 0 bridgehead atoms. The molecule has 1 heterocycles. The zero-order valence-corrected chi connectivity index (χ0v) is 14.4. The van der Waals surface area contributed by atoms with Gasteiger partial charge in [0.2, 0.25) is 0 Å². The molecule has 0 fully saturated rings. The molecule has 1 aromatic heterocycles. The van der Waals surface area contributed by atoms with E-state index in [9.17, 15) is 0 Å². The van der Waals surface area contributed by atoms with E-state index in [4.69, 9.17) is 34.8 Å². The van der Waals surface area contributed by atoms with Gasteiger partial charge in [-0.25, -0.2) is 0 Å². The van der Waals surface area contributed by atoms with Crippen LogP contribution < -0.4 is 0 Å². The monoisotopic (exact) mass is 432 g/mol. The minimum absolute atomic E-state index is 0.275. The average Bonchev–Trinajstić information content (AvgIpc) is 2.55. The molecule has 1 atom stereocenters. The van der Waals surface area contributed by atoms with Gasteiger partial charge >= 0.3 is 0 Å². The van der Waals surface area contributed by atoms with Crippen LogP contribution in [0, 0.1) is 0 Å². The third-order valence-corrected chi connectivity index (χ3v) is 5.44. The summed E-state index contributed by atoms with van der Waals surface area (Å²) in [6.45, 7) is 0. The Morgan fingerprint density at radius 1 is 1.00 bits per heavy atom. The van der Waals surface area contributed by atoms with Crippen LogP contribution in [0.5, 0.6) is 0 Å². The fourth-order valence-electron chi connectivity index (χ4n) is 1.43. The summed E-state index contributed by atoms with van der Waals surface area (Å²) in [6.07, 6.45) is 0. The molecule has 1 aromatic carbocycles. The number of hydrogen-bond donors (Lipinski definition) is 0. The highest BCUT2D eigenvalue weighted by molar-refractivity contribution is 9.12. The van der Waals surface area contributed by atoms with E-state index in [1.165, 1.54) is 0 Å². The Kier molecular flexibility index (Phi) is 4.84. The largest absolute Gasteiger partial charge is 0.121 e. The Labute approximate surface area is 135 Å². The Morgan fingerprint density at radius 2 is 1.59 bits per heavy atom. The van der Waals surface area contributed by atoms with Gasteiger partial charge in [-0.05, 0) is 61.7 Å². The topological polar surface area (TPSA) is 0 Å². The number of rotatable bonds is 2. The van der Waals surface area contributed by atoms with E-state index in [0.29, 0.717) is 10.0 Å². The van der Waals surface area contributed by atoms with Crippen molar-refractivity contribution in [3.63, 3.8) is 0 Å². The molecule has 0 radical (unpaired) electrons. The molecule has 0 aliphatic carbocycles. The van der Waals surface area contributed by atoms with Crippen molar-refractivity contribution in [1.82, 2.24) is 0 Å². The van der Waals surface area contributed by atoms with Crippen molar-refractivity contribution in [2.24, 2.45) is 0 Å². The van der Waals surface area contributed by atoms with E-state index < -0.39 is 0 Å². The smallest absolute Gasteiger partial charge is 0.0855 e. The quantitative estimate of drug-likeness (QED) is 0.450. The number of benzene rings is 1. The molecule has 0 aliphatic heterocycles. The zero-order valence-electron chi connectivity index (χ0n) is 8.18. The molecule has 0 nitrogen and oxygen atoms in total. The van der Waals surface area contributed by atoms with Gasteiger partial charge in [0.1, 0.15) is 0 Å². The van der Waals surface area contributed by atoms with Crippen LogP contribution in [-0.4, -0.2) is 0 Å². The van der Waals surface area contributed by atoms with Gasteiger partial charge in [-0.1, -0.05) is 23.2 Å². The fourth-order valence-corrected chi connectivity index (χ4v) is 5.37. The summed E-state index contributed by atoms with van der Waals surface area (Å²) in [4.78, 5) is 0. The van der Waals surface area contributed by atoms with E-state index >= 15 is 0 Å². The molecule has 2 aromatic rings. The third-order valence-electron chi connectivity index (χ3n) is 2.13. The first-order chi connectivity index (χ1) is 7.97. The van der Waals surface area contributed by atoms with E-state index in [1.807, 2.05) is 18.2 Å². The summed E-state index contributed by atoms with van der Waals surface area (Å²) in [6, 6.07) is 7.32. The predicted octanol–water partition coefficient (Wildman–Crippen LogP) is 6.91. The van der Waals surface area contributed by atoms with E-state index in [-0.39, 0.29) is 5.38 Å². The van der Waals surface area contributed by atoms with Crippen molar-refractivity contribution in [1.29, 1.82) is 0 Å². The van der Waals surface area contributed by atoms with Crippen LogP contribution in [-0.2, 0) is 0 Å². The highest BCUT2D eigenvalue weighted by Gasteiger charge is 2.17. The van der Waals surface area contributed by atoms with E-state index in [1.54, 1.807) is 17.4 Å². The van der Waals surface area contributed by atoms with Gasteiger partial charge in [-0.3, -0.25) is 0 Å². The molecule has 0 N–H and O–H groups in total. The summed E-state index contributed by atoms with van der Waals surface area (Å²) in [7, 11) is 0. The first-order valence-corrected chi connectivity index (χ1v) is 8.11. The zero-order chi connectivity index (χ0) is 12.6. The number of alkyl halides is 1. The highest BCUT2D eigenvalue weighted by atomic mass is 79.9. The van der Waals surface area contributed by atoms with Gasteiger partial charge in [-0.15, -0.1) is 22.9 Å². The molecule has 6 heteroatoms. The van der Waals surface area contributed by atoms with Crippen LogP contribution >= 0.6 is 78.0 Å². The van der Waals surface area contributed by atoms with Crippen molar-refractivity contribution < 1.29 is 0 Å². The first kappa shape index (κ1) is 14.2. The van der Waals surface area contributed by atoms with Crippen LogP contribution in [0.15, 0.2) is 31.8 Å². The molecular weight excluding hydrogens is 430 g/mol. The highest BCUT2D eigenvalue weighted by Crippen LogP contribution is 2.41. The lowest BCUT2D eigenvalue weighted by Crippen LogP contribution is -1.92. The van der Waals surface area contributed by atoms with Gasteiger partial charge in [-0.2, -0.15) is 0 Å². The molecule has 0 saturated heterocycles. The lowest BCUT2D eigenvalue weighted by Gasteiger charge is -2.10. The minimum atomic E-state index is -0.275. The van der Waals surface area contributed by atoms with Crippen LogP contribution in [0.1, 0.15) is 16.5 Å². The Hall–Kier alpha value is 0.750. The molecule has 90 valence electrons. The van der Waals surface area contributed by atoms with Crippen LogP contribution in [0.25, 0.3) is 0 Å². The fraction of sp³-hybridized carbons (Fsp3) is 0.0909. The van der Waals surface area contributed by atoms with Gasteiger partial charge in [0.25, 0.3) is 0 Å². The van der Waals surface area contributed by atoms with Gasteiger partial charge < -0.3 is 0 Å². The first-order valence-electron chi connectivity index (χ1n) is 4.52. The van der Waals surface area contributed by atoms with Crippen LogP contribution in [0.3, 0.4) is 0 Å². The third kappa shape index (κ3) is 3.40.